The smallest absolute Gasteiger partial charge is 0.144 e. The molecule has 0 fully saturated rings. The Morgan fingerprint density at radius 2 is 1.75 bits per heavy atom. The summed E-state index contributed by atoms with van der Waals surface area (Å²) in [6.07, 6.45) is 1.32. The lowest BCUT2D eigenvalue weighted by Crippen LogP contribution is -2.11. The Morgan fingerprint density at radius 1 is 1.00 bits per heavy atom. The van der Waals surface area contributed by atoms with Gasteiger partial charge in [-0.05, 0) is 48.1 Å². The van der Waals surface area contributed by atoms with Crippen molar-refractivity contribution in [1.29, 1.82) is 0 Å². The van der Waals surface area contributed by atoms with Gasteiger partial charge in [0.15, 0.2) is 0 Å². The predicted molar refractivity (Wildman–Crippen MR) is 84.5 cm³/mol. The molecule has 20 heavy (non-hydrogen) atoms. The molecule has 2 aromatic carbocycles. The largest absolute Gasteiger partial charge is 0.205 e. The summed E-state index contributed by atoms with van der Waals surface area (Å²) in [5.74, 6) is 0.247. The molecule has 0 nitrogen and oxygen atoms in total. The predicted octanol–water partition coefficient (Wildman–Crippen LogP) is 5.77. The van der Waals surface area contributed by atoms with Gasteiger partial charge in [-0.25, -0.2) is 4.39 Å². The molecular weight excluding hydrogens is 318 g/mol. The zero-order valence-corrected chi connectivity index (χ0v) is 13.0. The van der Waals surface area contributed by atoms with E-state index < -0.39 is 0 Å². The highest BCUT2D eigenvalue weighted by atomic mass is 35.5. The molecule has 0 N–H and O–H groups in total. The summed E-state index contributed by atoms with van der Waals surface area (Å²) in [5.41, 5.74) is 1.70. The summed E-state index contributed by atoms with van der Waals surface area (Å²) in [6.45, 7) is 0. The van der Waals surface area contributed by atoms with E-state index in [-0.39, 0.29) is 16.8 Å². The second-order valence-electron chi connectivity index (χ2n) is 4.77. The van der Waals surface area contributed by atoms with Crippen molar-refractivity contribution in [2.24, 2.45) is 5.92 Å². The molecule has 2 aromatic rings. The van der Waals surface area contributed by atoms with Crippen LogP contribution >= 0.6 is 34.8 Å². The van der Waals surface area contributed by atoms with Crippen molar-refractivity contribution in [1.82, 2.24) is 0 Å². The summed E-state index contributed by atoms with van der Waals surface area (Å²) in [4.78, 5) is 0. The second kappa shape index (κ2) is 7.31. The molecule has 1 atom stereocenters. The second-order valence-corrected chi connectivity index (χ2v) is 5.92. The van der Waals surface area contributed by atoms with Crippen LogP contribution in [0, 0.1) is 11.7 Å². The zero-order chi connectivity index (χ0) is 14.5. The Hall–Kier alpha value is -0.760. The van der Waals surface area contributed by atoms with Crippen LogP contribution in [-0.2, 0) is 12.8 Å². The van der Waals surface area contributed by atoms with E-state index in [1.807, 2.05) is 24.3 Å². The first kappa shape index (κ1) is 15.6. The van der Waals surface area contributed by atoms with E-state index in [2.05, 4.69) is 0 Å². The number of benzene rings is 2. The minimum atomic E-state index is -0.352. The van der Waals surface area contributed by atoms with Gasteiger partial charge in [-0.1, -0.05) is 47.5 Å². The molecule has 0 saturated carbocycles. The molecule has 106 valence electrons. The van der Waals surface area contributed by atoms with Gasteiger partial charge in [0, 0.05) is 10.9 Å². The van der Waals surface area contributed by atoms with Crippen LogP contribution < -0.4 is 0 Å². The number of halogens is 4. The summed E-state index contributed by atoms with van der Waals surface area (Å²) in [7, 11) is 0. The number of rotatable bonds is 5. The van der Waals surface area contributed by atoms with Crippen LogP contribution in [0.4, 0.5) is 4.39 Å². The third kappa shape index (κ3) is 4.12. The molecule has 0 aliphatic heterocycles. The van der Waals surface area contributed by atoms with E-state index in [9.17, 15) is 4.39 Å². The van der Waals surface area contributed by atoms with Gasteiger partial charge in [0.2, 0.25) is 0 Å². The van der Waals surface area contributed by atoms with Crippen molar-refractivity contribution >= 4 is 34.8 Å². The molecule has 4 heteroatoms. The van der Waals surface area contributed by atoms with Crippen LogP contribution in [0.2, 0.25) is 10.0 Å². The first-order valence-electron chi connectivity index (χ1n) is 6.33. The van der Waals surface area contributed by atoms with Crippen molar-refractivity contribution in [2.45, 2.75) is 12.8 Å². The van der Waals surface area contributed by atoms with Crippen LogP contribution in [-0.4, -0.2) is 5.88 Å². The van der Waals surface area contributed by atoms with Gasteiger partial charge in [0.1, 0.15) is 5.82 Å². The molecule has 0 heterocycles. The van der Waals surface area contributed by atoms with E-state index in [4.69, 9.17) is 34.8 Å². The minimum absolute atomic E-state index is 0.142. The highest BCUT2D eigenvalue weighted by Crippen LogP contribution is 2.23. The maximum absolute atomic E-state index is 13.9. The third-order valence-corrected chi connectivity index (χ3v) is 4.14. The van der Waals surface area contributed by atoms with Gasteiger partial charge in [-0.2, -0.15) is 0 Å². The van der Waals surface area contributed by atoms with Gasteiger partial charge in [-0.3, -0.25) is 0 Å². The van der Waals surface area contributed by atoms with Gasteiger partial charge in [0.25, 0.3) is 0 Å². The number of hydrogen-bond donors (Lipinski definition) is 0. The summed E-state index contributed by atoms with van der Waals surface area (Å²) >= 11 is 17.8. The summed E-state index contributed by atoms with van der Waals surface area (Å²) in [5, 5.41) is 0.850. The highest BCUT2D eigenvalue weighted by Gasteiger charge is 2.14. The van der Waals surface area contributed by atoms with Crippen molar-refractivity contribution in [3.8, 4) is 0 Å². The van der Waals surface area contributed by atoms with Crippen molar-refractivity contribution in [3.05, 3.63) is 69.5 Å². The lowest BCUT2D eigenvalue weighted by molar-refractivity contribution is 0.546. The first-order valence-corrected chi connectivity index (χ1v) is 7.62. The molecule has 2 rings (SSSR count). The molecular formula is C16H14Cl3F. The SMILES string of the molecule is Fc1c(Cl)cccc1CC(CCl)Cc1cccc(Cl)c1. The average Bonchev–Trinajstić information content (AvgIpc) is 2.43. The Kier molecular flexibility index (Phi) is 5.71. The van der Waals surface area contributed by atoms with Crippen LogP contribution in [0.25, 0.3) is 0 Å². The van der Waals surface area contributed by atoms with Crippen LogP contribution in [0.1, 0.15) is 11.1 Å². The fourth-order valence-electron chi connectivity index (χ4n) is 2.20. The van der Waals surface area contributed by atoms with Crippen LogP contribution in [0.3, 0.4) is 0 Å². The van der Waals surface area contributed by atoms with E-state index in [0.29, 0.717) is 22.9 Å². The maximum atomic E-state index is 13.9. The Balaban J connectivity index is 2.11. The Morgan fingerprint density at radius 3 is 2.45 bits per heavy atom. The Labute approximate surface area is 133 Å². The van der Waals surface area contributed by atoms with Gasteiger partial charge in [0.05, 0.1) is 5.02 Å². The molecule has 0 aliphatic carbocycles. The van der Waals surface area contributed by atoms with E-state index in [1.54, 1.807) is 18.2 Å². The fraction of sp³-hybridized carbons (Fsp3) is 0.250. The van der Waals surface area contributed by atoms with E-state index >= 15 is 0 Å². The maximum Gasteiger partial charge on any atom is 0.144 e. The zero-order valence-electron chi connectivity index (χ0n) is 10.8. The highest BCUT2D eigenvalue weighted by molar-refractivity contribution is 6.31. The summed E-state index contributed by atoms with van der Waals surface area (Å²) in [6, 6.07) is 12.7. The average molecular weight is 332 g/mol. The topological polar surface area (TPSA) is 0 Å². The lowest BCUT2D eigenvalue weighted by atomic mass is 9.94. The summed E-state index contributed by atoms with van der Waals surface area (Å²) < 4.78 is 13.9. The van der Waals surface area contributed by atoms with Crippen LogP contribution in [0.5, 0.6) is 0 Å². The van der Waals surface area contributed by atoms with E-state index in [1.165, 1.54) is 0 Å². The van der Waals surface area contributed by atoms with Crippen molar-refractivity contribution < 1.29 is 4.39 Å². The quantitative estimate of drug-likeness (QED) is 0.610. The molecule has 0 bridgehead atoms. The molecule has 0 spiro atoms. The molecule has 0 aromatic heterocycles. The van der Waals surface area contributed by atoms with Gasteiger partial charge >= 0.3 is 0 Å². The van der Waals surface area contributed by atoms with Crippen molar-refractivity contribution in [3.63, 3.8) is 0 Å². The van der Waals surface area contributed by atoms with Crippen molar-refractivity contribution in [2.75, 3.05) is 5.88 Å². The molecule has 0 aliphatic rings. The fourth-order valence-corrected chi connectivity index (χ4v) is 2.82. The number of hydrogen-bond acceptors (Lipinski definition) is 0. The monoisotopic (exact) mass is 330 g/mol. The standard InChI is InChI=1S/C16H14Cl3F/c17-10-12(7-11-3-1-5-14(18)9-11)8-13-4-2-6-15(19)16(13)20/h1-6,9,12H,7-8,10H2. The first-order chi connectivity index (χ1) is 9.60. The third-order valence-electron chi connectivity index (χ3n) is 3.17. The minimum Gasteiger partial charge on any atom is -0.205 e. The molecule has 0 amide bonds. The Bertz CT molecular complexity index is 584. The van der Waals surface area contributed by atoms with Gasteiger partial charge in [-0.15, -0.1) is 11.6 Å². The van der Waals surface area contributed by atoms with E-state index in [0.717, 1.165) is 12.0 Å². The molecule has 1 unspecified atom stereocenters. The lowest BCUT2D eigenvalue weighted by Gasteiger charge is -2.15. The normalized spacial score (nSPS) is 12.4. The van der Waals surface area contributed by atoms with Gasteiger partial charge < -0.3 is 0 Å². The number of alkyl halides is 1. The van der Waals surface area contributed by atoms with Crippen LogP contribution in [0.15, 0.2) is 42.5 Å². The molecule has 0 radical (unpaired) electrons. The molecule has 0 saturated heterocycles.